The zero-order valence-electron chi connectivity index (χ0n) is 13.8. The van der Waals surface area contributed by atoms with Crippen molar-refractivity contribution in [3.63, 3.8) is 0 Å². The molecule has 0 saturated carbocycles. The van der Waals surface area contributed by atoms with Crippen LogP contribution < -0.4 is 4.74 Å². The van der Waals surface area contributed by atoms with Crippen LogP contribution in [0.4, 0.5) is 4.79 Å². The second-order valence-corrected chi connectivity index (χ2v) is 6.99. The van der Waals surface area contributed by atoms with Crippen LogP contribution in [-0.2, 0) is 4.74 Å². The fourth-order valence-electron chi connectivity index (χ4n) is 2.45. The summed E-state index contributed by atoms with van der Waals surface area (Å²) >= 11 is 6.03. The molecule has 2 aromatic heterocycles. The van der Waals surface area contributed by atoms with Crippen molar-refractivity contribution in [2.45, 2.75) is 38.9 Å². The number of fused-ring (bicyclic) bond motifs is 1. The van der Waals surface area contributed by atoms with E-state index in [9.17, 15) is 4.79 Å². The molecule has 1 aliphatic rings. The SMILES string of the molecule is CC(C)(C)OC(=O)N1CC[C@H](Oc2ccc3ncnc(Cl)c3n2)C1. The summed E-state index contributed by atoms with van der Waals surface area (Å²) in [5.41, 5.74) is 0.648. The highest BCUT2D eigenvalue weighted by atomic mass is 35.5. The van der Waals surface area contributed by atoms with Gasteiger partial charge in [0, 0.05) is 19.0 Å². The summed E-state index contributed by atoms with van der Waals surface area (Å²) in [7, 11) is 0. The predicted octanol–water partition coefficient (Wildman–Crippen LogP) is 3.07. The standard InChI is InChI=1S/C16H19ClN4O3/c1-16(2,3)24-15(22)21-7-6-10(8-21)23-12-5-4-11-13(20-12)14(17)19-9-18-11/h4-5,9-10H,6-8H2,1-3H3/t10-/m0/s1. The van der Waals surface area contributed by atoms with Gasteiger partial charge in [-0.2, -0.15) is 0 Å². The predicted molar refractivity (Wildman–Crippen MR) is 89.2 cm³/mol. The number of likely N-dealkylation sites (tertiary alicyclic amines) is 1. The molecule has 1 amide bonds. The number of pyridine rings is 1. The fourth-order valence-corrected chi connectivity index (χ4v) is 2.63. The summed E-state index contributed by atoms with van der Waals surface area (Å²) in [6.07, 6.45) is 1.66. The molecule has 0 N–H and O–H groups in total. The number of hydrogen-bond donors (Lipinski definition) is 0. The molecule has 128 valence electrons. The van der Waals surface area contributed by atoms with E-state index in [-0.39, 0.29) is 17.4 Å². The molecule has 0 aliphatic carbocycles. The molecule has 0 bridgehead atoms. The highest BCUT2D eigenvalue weighted by molar-refractivity contribution is 6.33. The van der Waals surface area contributed by atoms with Crippen LogP contribution in [0.15, 0.2) is 18.5 Å². The first-order chi connectivity index (χ1) is 11.3. The van der Waals surface area contributed by atoms with Crippen LogP contribution >= 0.6 is 11.6 Å². The van der Waals surface area contributed by atoms with E-state index in [1.807, 2.05) is 20.8 Å². The number of amides is 1. The van der Waals surface area contributed by atoms with Gasteiger partial charge in [-0.1, -0.05) is 11.6 Å². The van der Waals surface area contributed by atoms with Gasteiger partial charge in [0.1, 0.15) is 23.5 Å². The lowest BCUT2D eigenvalue weighted by atomic mass is 10.2. The first-order valence-electron chi connectivity index (χ1n) is 7.74. The summed E-state index contributed by atoms with van der Waals surface area (Å²) in [5, 5.41) is 0.284. The van der Waals surface area contributed by atoms with Crippen molar-refractivity contribution in [2.75, 3.05) is 13.1 Å². The van der Waals surface area contributed by atoms with E-state index in [0.29, 0.717) is 30.0 Å². The molecule has 3 heterocycles. The Morgan fingerprint density at radius 2 is 2.12 bits per heavy atom. The normalized spacial score (nSPS) is 18.0. The van der Waals surface area contributed by atoms with Gasteiger partial charge >= 0.3 is 6.09 Å². The van der Waals surface area contributed by atoms with E-state index in [2.05, 4.69) is 15.0 Å². The molecular weight excluding hydrogens is 332 g/mol. The Balaban J connectivity index is 1.65. The average molecular weight is 351 g/mol. The monoisotopic (exact) mass is 350 g/mol. The van der Waals surface area contributed by atoms with Gasteiger partial charge in [0.05, 0.1) is 12.1 Å². The molecule has 1 saturated heterocycles. The molecule has 1 fully saturated rings. The van der Waals surface area contributed by atoms with E-state index in [1.165, 1.54) is 6.33 Å². The quantitative estimate of drug-likeness (QED) is 0.774. The highest BCUT2D eigenvalue weighted by Gasteiger charge is 2.31. The van der Waals surface area contributed by atoms with Gasteiger partial charge in [-0.05, 0) is 26.8 Å². The van der Waals surface area contributed by atoms with Gasteiger partial charge < -0.3 is 14.4 Å². The molecule has 24 heavy (non-hydrogen) atoms. The largest absolute Gasteiger partial charge is 0.472 e. The highest BCUT2D eigenvalue weighted by Crippen LogP contribution is 2.23. The number of carbonyl (C=O) groups excluding carboxylic acids is 1. The number of halogens is 1. The molecule has 0 radical (unpaired) electrons. The average Bonchev–Trinajstić information content (AvgIpc) is 2.95. The van der Waals surface area contributed by atoms with Crippen molar-refractivity contribution in [1.82, 2.24) is 19.9 Å². The lowest BCUT2D eigenvalue weighted by molar-refractivity contribution is 0.0275. The first kappa shape index (κ1) is 16.7. The molecule has 8 heteroatoms. The van der Waals surface area contributed by atoms with Crippen molar-refractivity contribution < 1.29 is 14.3 Å². The summed E-state index contributed by atoms with van der Waals surface area (Å²) < 4.78 is 11.2. The molecule has 3 rings (SSSR count). The molecule has 1 aliphatic heterocycles. The lowest BCUT2D eigenvalue weighted by Crippen LogP contribution is -2.36. The van der Waals surface area contributed by atoms with Gasteiger partial charge in [-0.25, -0.2) is 19.7 Å². The number of aromatic nitrogens is 3. The van der Waals surface area contributed by atoms with Crippen LogP contribution in [0, 0.1) is 0 Å². The molecule has 2 aromatic rings. The Hall–Kier alpha value is -2.15. The van der Waals surface area contributed by atoms with Crippen molar-refractivity contribution in [1.29, 1.82) is 0 Å². The Labute approximate surface area is 145 Å². The van der Waals surface area contributed by atoms with Crippen molar-refractivity contribution in [3.05, 3.63) is 23.6 Å². The third-order valence-electron chi connectivity index (χ3n) is 3.50. The van der Waals surface area contributed by atoms with Crippen LogP contribution in [0.1, 0.15) is 27.2 Å². The van der Waals surface area contributed by atoms with Gasteiger partial charge in [-0.15, -0.1) is 0 Å². The third kappa shape index (κ3) is 3.84. The van der Waals surface area contributed by atoms with Crippen LogP contribution in [0.5, 0.6) is 5.88 Å². The van der Waals surface area contributed by atoms with E-state index in [4.69, 9.17) is 21.1 Å². The second kappa shape index (κ2) is 6.39. The smallest absolute Gasteiger partial charge is 0.410 e. The number of nitrogens with zero attached hydrogens (tertiary/aromatic N) is 4. The summed E-state index contributed by atoms with van der Waals surface area (Å²) in [5.74, 6) is 0.440. The molecular formula is C16H19ClN4O3. The lowest BCUT2D eigenvalue weighted by Gasteiger charge is -2.24. The van der Waals surface area contributed by atoms with E-state index in [0.717, 1.165) is 6.42 Å². The van der Waals surface area contributed by atoms with Gasteiger partial charge in [0.25, 0.3) is 0 Å². The number of hydrogen-bond acceptors (Lipinski definition) is 6. The number of ether oxygens (including phenoxy) is 2. The number of rotatable bonds is 2. The van der Waals surface area contributed by atoms with Crippen LogP contribution in [0.25, 0.3) is 11.0 Å². The van der Waals surface area contributed by atoms with Crippen LogP contribution in [-0.4, -0.2) is 50.7 Å². The second-order valence-electron chi connectivity index (χ2n) is 6.64. The maximum Gasteiger partial charge on any atom is 0.410 e. The summed E-state index contributed by atoms with van der Waals surface area (Å²) in [4.78, 5) is 26.1. The zero-order valence-corrected chi connectivity index (χ0v) is 14.6. The minimum atomic E-state index is -0.507. The van der Waals surface area contributed by atoms with E-state index in [1.54, 1.807) is 17.0 Å². The van der Waals surface area contributed by atoms with E-state index >= 15 is 0 Å². The Kier molecular flexibility index (Phi) is 4.45. The van der Waals surface area contributed by atoms with Crippen molar-refractivity contribution in [3.8, 4) is 5.88 Å². The van der Waals surface area contributed by atoms with E-state index < -0.39 is 5.60 Å². The molecule has 0 spiro atoms. The van der Waals surface area contributed by atoms with Crippen molar-refractivity contribution in [2.24, 2.45) is 0 Å². The fraction of sp³-hybridized carbons (Fsp3) is 0.500. The van der Waals surface area contributed by atoms with Crippen LogP contribution in [0.2, 0.25) is 5.15 Å². The van der Waals surface area contributed by atoms with Crippen LogP contribution in [0.3, 0.4) is 0 Å². The Morgan fingerprint density at radius 1 is 1.33 bits per heavy atom. The minimum absolute atomic E-state index is 0.133. The number of carbonyl (C=O) groups is 1. The first-order valence-corrected chi connectivity index (χ1v) is 8.11. The maximum atomic E-state index is 12.1. The summed E-state index contributed by atoms with van der Waals surface area (Å²) in [6.45, 7) is 6.60. The summed E-state index contributed by atoms with van der Waals surface area (Å²) in [6, 6.07) is 3.52. The molecule has 0 aromatic carbocycles. The Bertz CT molecular complexity index is 763. The third-order valence-corrected chi connectivity index (χ3v) is 3.77. The Morgan fingerprint density at radius 3 is 2.88 bits per heavy atom. The maximum absolute atomic E-state index is 12.1. The van der Waals surface area contributed by atoms with Gasteiger partial charge in [0.2, 0.25) is 5.88 Å². The molecule has 0 unspecified atom stereocenters. The minimum Gasteiger partial charge on any atom is -0.472 e. The van der Waals surface area contributed by atoms with Gasteiger partial charge in [0.15, 0.2) is 5.15 Å². The van der Waals surface area contributed by atoms with Crippen molar-refractivity contribution >= 4 is 28.7 Å². The molecule has 7 nitrogen and oxygen atoms in total. The molecule has 1 atom stereocenters. The zero-order chi connectivity index (χ0) is 17.3. The topological polar surface area (TPSA) is 77.4 Å². The van der Waals surface area contributed by atoms with Gasteiger partial charge in [-0.3, -0.25) is 0 Å².